The number of nitrogens with one attached hydrogen (secondary N) is 2. The minimum atomic E-state index is -0.512. The van der Waals surface area contributed by atoms with Gasteiger partial charge in [-0.1, -0.05) is 36.7 Å². The van der Waals surface area contributed by atoms with Gasteiger partial charge in [-0.05, 0) is 31.5 Å². The van der Waals surface area contributed by atoms with Crippen molar-refractivity contribution in [3.05, 3.63) is 39.5 Å². The van der Waals surface area contributed by atoms with Crippen LogP contribution in [0.2, 0.25) is 5.02 Å². The minimum Gasteiger partial charge on any atom is -0.324 e. The minimum absolute atomic E-state index is 0.125. The second-order valence-corrected chi connectivity index (χ2v) is 6.91. The first-order valence-corrected chi connectivity index (χ1v) is 8.76. The number of carbonyl (C=O) groups is 1. The number of aromatic nitrogens is 3. The van der Waals surface area contributed by atoms with Crippen LogP contribution >= 0.6 is 23.4 Å². The van der Waals surface area contributed by atoms with E-state index in [9.17, 15) is 14.0 Å². The fourth-order valence-corrected chi connectivity index (χ4v) is 3.04. The molecule has 130 valence electrons. The van der Waals surface area contributed by atoms with Crippen LogP contribution in [0.4, 0.5) is 10.1 Å². The summed E-state index contributed by atoms with van der Waals surface area (Å²) in [7, 11) is 0. The van der Waals surface area contributed by atoms with E-state index in [1.165, 1.54) is 28.5 Å². The fraction of sp³-hybridized carbons (Fsp3) is 0.400. The maximum Gasteiger partial charge on any atom is 0.343 e. The first kappa shape index (κ1) is 18.5. The number of hydrogen-bond acceptors (Lipinski definition) is 4. The molecular weight excluding hydrogens is 355 g/mol. The predicted molar refractivity (Wildman–Crippen MR) is 93.1 cm³/mol. The van der Waals surface area contributed by atoms with Crippen LogP contribution in [0, 0.1) is 5.82 Å². The molecule has 0 bridgehead atoms. The number of anilines is 1. The van der Waals surface area contributed by atoms with Gasteiger partial charge < -0.3 is 5.32 Å². The Hall–Kier alpha value is -1.80. The topological polar surface area (TPSA) is 79.8 Å². The Labute approximate surface area is 147 Å². The molecule has 1 amide bonds. The average molecular weight is 373 g/mol. The van der Waals surface area contributed by atoms with Crippen LogP contribution in [-0.4, -0.2) is 25.9 Å². The summed E-state index contributed by atoms with van der Waals surface area (Å²) in [5.41, 5.74) is 0.0426. The SMILES string of the molecule is CCCCn1c(SC(C)C(=O)Nc2ccc(F)cc2Cl)n[nH]c1=O. The van der Waals surface area contributed by atoms with Crippen molar-refractivity contribution >= 4 is 35.0 Å². The summed E-state index contributed by atoms with van der Waals surface area (Å²) in [6.07, 6.45) is 1.79. The number of benzene rings is 1. The Balaban J connectivity index is 2.05. The lowest BCUT2D eigenvalue weighted by molar-refractivity contribution is -0.115. The van der Waals surface area contributed by atoms with Gasteiger partial charge in [0.25, 0.3) is 0 Å². The number of unbranched alkanes of at least 4 members (excludes halogenated alkanes) is 1. The lowest BCUT2D eigenvalue weighted by atomic mass is 10.3. The maximum atomic E-state index is 13.0. The summed E-state index contributed by atoms with van der Waals surface area (Å²) >= 11 is 7.07. The van der Waals surface area contributed by atoms with E-state index in [-0.39, 0.29) is 16.6 Å². The zero-order chi connectivity index (χ0) is 17.7. The molecule has 2 N–H and O–H groups in total. The van der Waals surface area contributed by atoms with Gasteiger partial charge in [0.05, 0.1) is 16.0 Å². The maximum absolute atomic E-state index is 13.0. The van der Waals surface area contributed by atoms with E-state index in [1.807, 2.05) is 6.92 Å². The third kappa shape index (κ3) is 4.61. The Morgan fingerprint density at radius 2 is 2.29 bits per heavy atom. The Morgan fingerprint density at radius 1 is 1.54 bits per heavy atom. The molecule has 0 radical (unpaired) electrons. The molecule has 0 aliphatic carbocycles. The van der Waals surface area contributed by atoms with Crippen LogP contribution < -0.4 is 11.0 Å². The Bertz CT molecular complexity index is 777. The van der Waals surface area contributed by atoms with E-state index in [0.717, 1.165) is 18.9 Å². The first-order valence-electron chi connectivity index (χ1n) is 7.50. The van der Waals surface area contributed by atoms with Crippen molar-refractivity contribution in [1.29, 1.82) is 0 Å². The summed E-state index contributed by atoms with van der Waals surface area (Å²) < 4.78 is 14.6. The van der Waals surface area contributed by atoms with E-state index in [1.54, 1.807) is 6.92 Å². The third-order valence-electron chi connectivity index (χ3n) is 3.30. The Kier molecular flexibility index (Phi) is 6.44. The zero-order valence-corrected chi connectivity index (χ0v) is 14.9. The van der Waals surface area contributed by atoms with Gasteiger partial charge in [0.15, 0.2) is 5.16 Å². The molecule has 0 saturated carbocycles. The smallest absolute Gasteiger partial charge is 0.324 e. The molecule has 24 heavy (non-hydrogen) atoms. The molecular formula is C15H18ClFN4O2S. The second kappa shape index (κ2) is 8.34. The van der Waals surface area contributed by atoms with Crippen LogP contribution in [0.5, 0.6) is 0 Å². The standard InChI is InChI=1S/C15H18ClFN4O2S/c1-3-4-7-21-14(23)19-20-15(21)24-9(2)13(22)18-12-6-5-10(17)8-11(12)16/h5-6,8-9H,3-4,7H2,1-2H3,(H,18,22)(H,19,23). The first-order chi connectivity index (χ1) is 11.4. The average Bonchev–Trinajstić information content (AvgIpc) is 2.88. The summed E-state index contributed by atoms with van der Waals surface area (Å²) in [5.74, 6) is -0.789. The number of hydrogen-bond donors (Lipinski definition) is 2. The van der Waals surface area contributed by atoms with Gasteiger partial charge in [0.2, 0.25) is 5.91 Å². The van der Waals surface area contributed by atoms with Crippen LogP contribution in [0.25, 0.3) is 0 Å². The molecule has 1 unspecified atom stereocenters. The molecule has 2 aromatic rings. The van der Waals surface area contributed by atoms with Crippen molar-refractivity contribution < 1.29 is 9.18 Å². The van der Waals surface area contributed by atoms with Gasteiger partial charge in [-0.15, -0.1) is 5.10 Å². The van der Waals surface area contributed by atoms with Crippen molar-refractivity contribution in [2.45, 2.75) is 43.6 Å². The monoisotopic (exact) mass is 372 g/mol. The van der Waals surface area contributed by atoms with Gasteiger partial charge in [0.1, 0.15) is 5.82 Å². The van der Waals surface area contributed by atoms with E-state index >= 15 is 0 Å². The number of nitrogens with zero attached hydrogens (tertiary/aromatic N) is 2. The molecule has 9 heteroatoms. The van der Waals surface area contributed by atoms with E-state index in [4.69, 9.17) is 11.6 Å². The molecule has 1 aromatic heterocycles. The van der Waals surface area contributed by atoms with Crippen LogP contribution in [-0.2, 0) is 11.3 Å². The lowest BCUT2D eigenvalue weighted by Crippen LogP contribution is -2.24. The molecule has 1 atom stereocenters. The van der Waals surface area contributed by atoms with E-state index in [2.05, 4.69) is 15.5 Å². The van der Waals surface area contributed by atoms with E-state index in [0.29, 0.717) is 17.4 Å². The number of thioether (sulfide) groups is 1. The highest BCUT2D eigenvalue weighted by Gasteiger charge is 2.19. The second-order valence-electron chi connectivity index (χ2n) is 5.19. The number of aromatic amines is 1. The molecule has 2 rings (SSSR count). The molecule has 0 spiro atoms. The molecule has 0 aliphatic rings. The molecule has 0 fully saturated rings. The van der Waals surface area contributed by atoms with Gasteiger partial charge in [-0.3, -0.25) is 9.36 Å². The normalized spacial score (nSPS) is 12.2. The van der Waals surface area contributed by atoms with Crippen LogP contribution in [0.15, 0.2) is 28.2 Å². The number of H-pyrrole nitrogens is 1. The lowest BCUT2D eigenvalue weighted by Gasteiger charge is -2.13. The highest BCUT2D eigenvalue weighted by Crippen LogP contribution is 2.25. The molecule has 6 nitrogen and oxygen atoms in total. The fourth-order valence-electron chi connectivity index (χ4n) is 1.94. The summed E-state index contributed by atoms with van der Waals surface area (Å²) in [6.45, 7) is 4.27. The van der Waals surface area contributed by atoms with Crippen molar-refractivity contribution in [1.82, 2.24) is 14.8 Å². The molecule has 1 aromatic carbocycles. The van der Waals surface area contributed by atoms with Crippen molar-refractivity contribution in [3.63, 3.8) is 0 Å². The number of halogens is 2. The quantitative estimate of drug-likeness (QED) is 0.731. The number of amides is 1. The Morgan fingerprint density at radius 3 is 2.96 bits per heavy atom. The van der Waals surface area contributed by atoms with Crippen molar-refractivity contribution in [3.8, 4) is 0 Å². The summed E-state index contributed by atoms with van der Waals surface area (Å²) in [6, 6.07) is 3.75. The van der Waals surface area contributed by atoms with Gasteiger partial charge >= 0.3 is 5.69 Å². The number of rotatable bonds is 7. The summed E-state index contributed by atoms with van der Waals surface area (Å²) in [4.78, 5) is 24.0. The molecule has 0 saturated heterocycles. The van der Waals surface area contributed by atoms with E-state index < -0.39 is 11.1 Å². The largest absolute Gasteiger partial charge is 0.343 e. The highest BCUT2D eigenvalue weighted by molar-refractivity contribution is 8.00. The highest BCUT2D eigenvalue weighted by atomic mass is 35.5. The third-order valence-corrected chi connectivity index (χ3v) is 4.70. The predicted octanol–water partition coefficient (Wildman–Crippen LogP) is 3.28. The molecule has 0 aliphatic heterocycles. The molecule has 1 heterocycles. The van der Waals surface area contributed by atoms with Crippen molar-refractivity contribution in [2.75, 3.05) is 5.32 Å². The van der Waals surface area contributed by atoms with Gasteiger partial charge in [-0.25, -0.2) is 14.3 Å². The van der Waals surface area contributed by atoms with Crippen LogP contribution in [0.3, 0.4) is 0 Å². The summed E-state index contributed by atoms with van der Waals surface area (Å²) in [5, 5.41) is 9.07. The van der Waals surface area contributed by atoms with Gasteiger partial charge in [0, 0.05) is 6.54 Å². The van der Waals surface area contributed by atoms with Crippen LogP contribution in [0.1, 0.15) is 26.7 Å². The number of carbonyl (C=O) groups excluding carboxylic acids is 1. The van der Waals surface area contributed by atoms with Crippen molar-refractivity contribution in [2.24, 2.45) is 0 Å². The van der Waals surface area contributed by atoms with Gasteiger partial charge in [-0.2, -0.15) is 0 Å². The zero-order valence-electron chi connectivity index (χ0n) is 13.3.